The molecule has 1 aromatic carbocycles. The summed E-state index contributed by atoms with van der Waals surface area (Å²) in [6, 6.07) is 3.82. The molecular weight excluding hydrogens is 266 g/mol. The number of aromatic nitrogens is 3. The first-order valence-electron chi connectivity index (χ1n) is 5.09. The molecule has 0 aliphatic rings. The predicted molar refractivity (Wildman–Crippen MR) is 56.4 cm³/mol. The van der Waals surface area contributed by atoms with Gasteiger partial charge in [0.15, 0.2) is 5.69 Å². The van der Waals surface area contributed by atoms with Crippen molar-refractivity contribution in [2.45, 2.75) is 13.1 Å². The Kier molecular flexibility index (Phi) is 3.09. The van der Waals surface area contributed by atoms with Crippen LogP contribution in [0, 0.1) is 12.7 Å². The number of ketones is 1. The Balaban J connectivity index is 2.38. The second-order valence-electron chi connectivity index (χ2n) is 3.86. The van der Waals surface area contributed by atoms with E-state index in [1.807, 2.05) is 0 Å². The van der Waals surface area contributed by atoms with Crippen molar-refractivity contribution in [2.24, 2.45) is 0 Å². The van der Waals surface area contributed by atoms with Crippen LogP contribution in [0.3, 0.4) is 0 Å². The Bertz CT molecular complexity index is 613. The first-order chi connectivity index (χ1) is 8.77. The molecule has 2 rings (SSSR count). The first kappa shape index (κ1) is 13.2. The van der Waals surface area contributed by atoms with Gasteiger partial charge in [-0.15, -0.1) is 5.10 Å². The van der Waals surface area contributed by atoms with E-state index in [1.54, 1.807) is 6.92 Å². The number of rotatable bonds is 2. The fourth-order valence-electron chi connectivity index (χ4n) is 1.49. The topological polar surface area (TPSA) is 47.8 Å². The van der Waals surface area contributed by atoms with Crippen molar-refractivity contribution >= 4 is 5.78 Å². The molecule has 0 radical (unpaired) electrons. The van der Waals surface area contributed by atoms with Gasteiger partial charge in [0, 0.05) is 0 Å². The van der Waals surface area contributed by atoms with Crippen LogP contribution in [0.15, 0.2) is 24.4 Å². The highest BCUT2D eigenvalue weighted by atomic mass is 19.4. The summed E-state index contributed by atoms with van der Waals surface area (Å²) in [5.74, 6) is -2.65. The fourth-order valence-corrected chi connectivity index (χ4v) is 1.49. The molecule has 0 bridgehead atoms. The largest absolute Gasteiger partial charge is 0.456 e. The van der Waals surface area contributed by atoms with E-state index in [-0.39, 0.29) is 5.69 Å². The highest BCUT2D eigenvalue weighted by Crippen LogP contribution is 2.20. The number of hydrogen-bond donors (Lipinski definition) is 0. The standard InChI is InChI=1S/C11H7F4N3O/c1-6-2-7(12)4-8(3-6)18-5-9(16-17-18)10(19)11(13,14)15/h2-5H,1H3. The highest BCUT2D eigenvalue weighted by molar-refractivity contribution is 5.98. The zero-order chi connectivity index (χ0) is 14.2. The lowest BCUT2D eigenvalue weighted by Crippen LogP contribution is -2.23. The number of alkyl halides is 3. The number of carbonyl (C=O) groups is 1. The summed E-state index contributed by atoms with van der Waals surface area (Å²) in [4.78, 5) is 10.9. The van der Waals surface area contributed by atoms with E-state index < -0.39 is 23.5 Å². The van der Waals surface area contributed by atoms with Crippen molar-refractivity contribution in [1.29, 1.82) is 0 Å². The summed E-state index contributed by atoms with van der Waals surface area (Å²) < 4.78 is 50.6. The Labute approximate surface area is 104 Å². The average Bonchev–Trinajstić information content (AvgIpc) is 2.74. The molecule has 19 heavy (non-hydrogen) atoms. The number of aryl methyl sites for hydroxylation is 1. The molecule has 0 aliphatic heterocycles. The summed E-state index contributed by atoms with van der Waals surface area (Å²) in [6.45, 7) is 1.62. The predicted octanol–water partition coefficient (Wildman–Crippen LogP) is 2.46. The molecule has 0 saturated heterocycles. The summed E-state index contributed by atoms with van der Waals surface area (Å²) in [5.41, 5.74) is -0.0881. The molecule has 0 aliphatic carbocycles. The summed E-state index contributed by atoms with van der Waals surface area (Å²) in [7, 11) is 0. The molecule has 0 N–H and O–H groups in total. The van der Waals surface area contributed by atoms with Crippen LogP contribution in [0.25, 0.3) is 5.69 Å². The van der Waals surface area contributed by atoms with Crippen LogP contribution in [0.4, 0.5) is 17.6 Å². The van der Waals surface area contributed by atoms with Crippen LogP contribution < -0.4 is 0 Å². The average molecular weight is 273 g/mol. The van der Waals surface area contributed by atoms with E-state index in [0.717, 1.165) is 16.9 Å². The van der Waals surface area contributed by atoms with Crippen molar-refractivity contribution in [2.75, 3.05) is 0 Å². The van der Waals surface area contributed by atoms with E-state index in [1.165, 1.54) is 12.1 Å². The zero-order valence-corrected chi connectivity index (χ0v) is 9.57. The highest BCUT2D eigenvalue weighted by Gasteiger charge is 2.41. The monoisotopic (exact) mass is 273 g/mol. The Morgan fingerprint density at radius 2 is 1.95 bits per heavy atom. The Hall–Kier alpha value is -2.25. The zero-order valence-electron chi connectivity index (χ0n) is 9.57. The lowest BCUT2D eigenvalue weighted by Gasteiger charge is -2.02. The molecule has 0 fully saturated rings. The SMILES string of the molecule is Cc1cc(F)cc(-n2cc(C(=O)C(F)(F)F)nn2)c1. The van der Waals surface area contributed by atoms with Gasteiger partial charge in [-0.2, -0.15) is 13.2 Å². The first-order valence-corrected chi connectivity index (χ1v) is 5.09. The molecule has 0 saturated carbocycles. The summed E-state index contributed by atoms with van der Waals surface area (Å²) >= 11 is 0. The minimum absolute atomic E-state index is 0.186. The number of halogens is 4. The summed E-state index contributed by atoms with van der Waals surface area (Å²) in [6.07, 6.45) is -4.21. The van der Waals surface area contributed by atoms with Gasteiger partial charge in [-0.05, 0) is 30.7 Å². The van der Waals surface area contributed by atoms with Crippen molar-refractivity contribution in [3.05, 3.63) is 41.5 Å². The van der Waals surface area contributed by atoms with Gasteiger partial charge in [-0.3, -0.25) is 4.79 Å². The van der Waals surface area contributed by atoms with Crippen LogP contribution in [0.1, 0.15) is 16.1 Å². The van der Waals surface area contributed by atoms with Crippen LogP contribution in [-0.2, 0) is 0 Å². The third-order valence-electron chi connectivity index (χ3n) is 2.27. The molecule has 100 valence electrons. The molecule has 0 unspecified atom stereocenters. The molecular formula is C11H7F4N3O. The van der Waals surface area contributed by atoms with E-state index in [4.69, 9.17) is 0 Å². The summed E-state index contributed by atoms with van der Waals surface area (Å²) in [5, 5.41) is 6.52. The smallest absolute Gasteiger partial charge is 0.282 e. The van der Waals surface area contributed by atoms with Crippen molar-refractivity contribution in [3.8, 4) is 5.69 Å². The van der Waals surface area contributed by atoms with Gasteiger partial charge in [0.2, 0.25) is 0 Å². The quantitative estimate of drug-likeness (QED) is 0.623. The molecule has 0 amide bonds. The molecule has 8 heteroatoms. The van der Waals surface area contributed by atoms with Gasteiger partial charge < -0.3 is 0 Å². The Morgan fingerprint density at radius 1 is 1.26 bits per heavy atom. The number of benzene rings is 1. The maximum absolute atomic E-state index is 13.2. The number of nitrogens with zero attached hydrogens (tertiary/aromatic N) is 3. The molecule has 2 aromatic rings. The molecule has 0 atom stereocenters. The maximum atomic E-state index is 13.2. The normalized spacial score (nSPS) is 11.6. The van der Waals surface area contributed by atoms with Crippen LogP contribution in [0.2, 0.25) is 0 Å². The maximum Gasteiger partial charge on any atom is 0.456 e. The van der Waals surface area contributed by atoms with Crippen LogP contribution in [0.5, 0.6) is 0 Å². The third-order valence-corrected chi connectivity index (χ3v) is 2.27. The van der Waals surface area contributed by atoms with Gasteiger partial charge in [0.05, 0.1) is 11.9 Å². The van der Waals surface area contributed by atoms with Crippen molar-refractivity contribution < 1.29 is 22.4 Å². The van der Waals surface area contributed by atoms with Gasteiger partial charge in [-0.1, -0.05) is 5.21 Å². The van der Waals surface area contributed by atoms with E-state index in [9.17, 15) is 22.4 Å². The van der Waals surface area contributed by atoms with Crippen molar-refractivity contribution in [3.63, 3.8) is 0 Å². The van der Waals surface area contributed by atoms with Crippen molar-refractivity contribution in [1.82, 2.24) is 15.0 Å². The van der Waals surface area contributed by atoms with Crippen LogP contribution >= 0.6 is 0 Å². The van der Waals surface area contributed by atoms with E-state index >= 15 is 0 Å². The minimum Gasteiger partial charge on any atom is -0.282 e. The van der Waals surface area contributed by atoms with Gasteiger partial charge in [0.25, 0.3) is 5.78 Å². The second kappa shape index (κ2) is 4.45. The van der Waals surface area contributed by atoms with Gasteiger partial charge >= 0.3 is 6.18 Å². The van der Waals surface area contributed by atoms with Gasteiger partial charge in [-0.25, -0.2) is 9.07 Å². The number of Topliss-reactive ketones (excluding diaryl/α,β-unsaturated/α-hetero) is 1. The lowest BCUT2D eigenvalue weighted by atomic mass is 10.2. The fraction of sp³-hybridized carbons (Fsp3) is 0.182. The van der Waals surface area contributed by atoms with Crippen LogP contribution in [-0.4, -0.2) is 27.0 Å². The number of carbonyl (C=O) groups excluding carboxylic acids is 1. The van der Waals surface area contributed by atoms with Gasteiger partial charge in [0.1, 0.15) is 5.82 Å². The lowest BCUT2D eigenvalue weighted by molar-refractivity contribution is -0.0888. The molecule has 4 nitrogen and oxygen atoms in total. The van der Waals surface area contributed by atoms with E-state index in [2.05, 4.69) is 10.3 Å². The molecule has 1 aromatic heterocycles. The molecule has 1 heterocycles. The Morgan fingerprint density at radius 3 is 2.53 bits per heavy atom. The minimum atomic E-state index is -5.02. The third kappa shape index (κ3) is 2.78. The molecule has 0 spiro atoms. The van der Waals surface area contributed by atoms with E-state index in [0.29, 0.717) is 5.56 Å². The number of hydrogen-bond acceptors (Lipinski definition) is 3. The second-order valence-corrected chi connectivity index (χ2v) is 3.86.